The van der Waals surface area contributed by atoms with E-state index in [2.05, 4.69) is 66.8 Å². The van der Waals surface area contributed by atoms with Gasteiger partial charge in [-0.1, -0.05) is 55.8 Å². The molecule has 0 heterocycles. The Balaban J connectivity index is 1.56. The highest BCUT2D eigenvalue weighted by Gasteiger charge is 2.29. The maximum Gasteiger partial charge on any atom is 0.407 e. The zero-order chi connectivity index (χ0) is 19.8. The van der Waals surface area contributed by atoms with Gasteiger partial charge in [-0.3, -0.25) is 0 Å². The highest BCUT2D eigenvalue weighted by molar-refractivity contribution is 5.67. The van der Waals surface area contributed by atoms with Crippen LogP contribution >= 0.6 is 0 Å². The average Bonchev–Trinajstić information content (AvgIpc) is 3.16. The van der Waals surface area contributed by atoms with Crippen LogP contribution in [-0.4, -0.2) is 25.3 Å². The summed E-state index contributed by atoms with van der Waals surface area (Å²) in [5.41, 5.74) is 2.65. The van der Waals surface area contributed by atoms with E-state index in [-0.39, 0.29) is 12.1 Å². The van der Waals surface area contributed by atoms with Gasteiger partial charge in [0.25, 0.3) is 0 Å². The van der Waals surface area contributed by atoms with Gasteiger partial charge in [-0.25, -0.2) is 4.79 Å². The summed E-state index contributed by atoms with van der Waals surface area (Å²) in [6.07, 6.45) is 3.91. The van der Waals surface area contributed by atoms with Crippen LogP contribution in [0.5, 0.6) is 5.75 Å². The Labute approximate surface area is 168 Å². The molecule has 3 unspecified atom stereocenters. The van der Waals surface area contributed by atoms with Gasteiger partial charge in [0, 0.05) is 17.9 Å². The van der Waals surface area contributed by atoms with Gasteiger partial charge in [0.05, 0.1) is 13.2 Å². The molecule has 4 nitrogen and oxygen atoms in total. The van der Waals surface area contributed by atoms with Crippen molar-refractivity contribution in [2.24, 2.45) is 5.92 Å². The second-order valence-electron chi connectivity index (χ2n) is 7.41. The number of hydrogen-bond donors (Lipinski definition) is 1. The number of amides is 1. The predicted octanol–water partition coefficient (Wildman–Crippen LogP) is 5.52. The number of carbonyl (C=O) groups excluding carboxylic acids is 1. The topological polar surface area (TPSA) is 47.6 Å². The van der Waals surface area contributed by atoms with Crippen LogP contribution in [0, 0.1) is 5.92 Å². The number of alkyl carbamates (subject to hydrolysis) is 1. The van der Waals surface area contributed by atoms with Crippen LogP contribution in [-0.2, 0) is 4.74 Å². The zero-order valence-corrected chi connectivity index (χ0v) is 16.9. The van der Waals surface area contributed by atoms with Gasteiger partial charge in [-0.05, 0) is 49.4 Å². The molecule has 0 radical (unpaired) electrons. The van der Waals surface area contributed by atoms with Gasteiger partial charge in [0.2, 0.25) is 0 Å². The number of benzene rings is 2. The smallest absolute Gasteiger partial charge is 0.407 e. The van der Waals surface area contributed by atoms with Crippen molar-refractivity contribution in [3.8, 4) is 5.75 Å². The molecule has 0 spiro atoms. The van der Waals surface area contributed by atoms with Crippen molar-refractivity contribution in [1.82, 2.24) is 5.32 Å². The van der Waals surface area contributed by atoms with Crippen LogP contribution in [0.3, 0.4) is 0 Å². The Morgan fingerprint density at radius 3 is 2.43 bits per heavy atom. The molecular formula is C24H31NO3. The summed E-state index contributed by atoms with van der Waals surface area (Å²) in [6.45, 7) is 5.05. The highest BCUT2D eigenvalue weighted by Crippen LogP contribution is 2.30. The Kier molecular flexibility index (Phi) is 7.35. The van der Waals surface area contributed by atoms with Crippen molar-refractivity contribution in [2.75, 3.05) is 13.2 Å². The van der Waals surface area contributed by atoms with E-state index in [1.165, 1.54) is 11.1 Å². The number of rotatable bonds is 8. The molecule has 1 amide bonds. The molecule has 2 aromatic carbocycles. The SMILES string of the molecule is CCOC(=O)NC1CCCC1COc1ccc(C(CC)c2ccccc2)cc1. The normalized spacial score (nSPS) is 19.8. The molecule has 0 bridgehead atoms. The molecule has 0 saturated heterocycles. The summed E-state index contributed by atoms with van der Waals surface area (Å²) in [4.78, 5) is 11.7. The van der Waals surface area contributed by atoms with Crippen molar-refractivity contribution in [1.29, 1.82) is 0 Å². The molecule has 3 rings (SSSR count). The average molecular weight is 382 g/mol. The van der Waals surface area contributed by atoms with E-state index in [0.29, 0.717) is 25.0 Å². The number of ether oxygens (including phenoxy) is 2. The lowest BCUT2D eigenvalue weighted by Gasteiger charge is -2.21. The summed E-state index contributed by atoms with van der Waals surface area (Å²) in [6, 6.07) is 19.2. The van der Waals surface area contributed by atoms with Crippen LogP contribution in [0.15, 0.2) is 54.6 Å². The van der Waals surface area contributed by atoms with Crippen LogP contribution in [0.4, 0.5) is 4.79 Å². The fourth-order valence-corrected chi connectivity index (χ4v) is 4.10. The standard InChI is InChI=1S/C24H31NO3/c1-3-22(18-9-6-5-7-10-18)19-13-15-21(16-14-19)28-17-20-11-8-12-23(20)25-24(26)27-4-2/h5-7,9-10,13-16,20,22-23H,3-4,8,11-12,17H2,1-2H3,(H,25,26). The van der Waals surface area contributed by atoms with Gasteiger partial charge in [0.1, 0.15) is 5.75 Å². The predicted molar refractivity (Wildman–Crippen MR) is 112 cm³/mol. The first-order valence-corrected chi connectivity index (χ1v) is 10.4. The summed E-state index contributed by atoms with van der Waals surface area (Å²) in [7, 11) is 0. The minimum absolute atomic E-state index is 0.140. The van der Waals surface area contributed by atoms with E-state index in [1.54, 1.807) is 0 Å². The largest absolute Gasteiger partial charge is 0.493 e. The van der Waals surface area contributed by atoms with Crippen molar-refractivity contribution in [3.05, 3.63) is 65.7 Å². The Bertz CT molecular complexity index is 729. The molecule has 1 N–H and O–H groups in total. The first kappa shape index (κ1) is 20.2. The Morgan fingerprint density at radius 2 is 1.75 bits per heavy atom. The number of nitrogens with one attached hydrogen (secondary N) is 1. The Hall–Kier alpha value is -2.49. The first-order chi connectivity index (χ1) is 13.7. The van der Waals surface area contributed by atoms with Gasteiger partial charge in [-0.15, -0.1) is 0 Å². The minimum Gasteiger partial charge on any atom is -0.493 e. The monoisotopic (exact) mass is 381 g/mol. The fraction of sp³-hybridized carbons (Fsp3) is 0.458. The molecule has 1 fully saturated rings. The lowest BCUT2D eigenvalue weighted by molar-refractivity contribution is 0.141. The molecule has 1 saturated carbocycles. The summed E-state index contributed by atoms with van der Waals surface area (Å²) >= 11 is 0. The third-order valence-electron chi connectivity index (χ3n) is 5.59. The van der Waals surface area contributed by atoms with E-state index in [0.717, 1.165) is 31.4 Å². The first-order valence-electron chi connectivity index (χ1n) is 10.4. The third kappa shape index (κ3) is 5.28. The molecule has 150 valence electrons. The zero-order valence-electron chi connectivity index (χ0n) is 16.9. The second-order valence-corrected chi connectivity index (χ2v) is 7.41. The number of hydrogen-bond acceptors (Lipinski definition) is 3. The van der Waals surface area contributed by atoms with Gasteiger partial charge >= 0.3 is 6.09 Å². The maximum absolute atomic E-state index is 11.7. The maximum atomic E-state index is 11.7. The molecule has 4 heteroatoms. The van der Waals surface area contributed by atoms with E-state index in [4.69, 9.17) is 9.47 Å². The van der Waals surface area contributed by atoms with E-state index >= 15 is 0 Å². The highest BCUT2D eigenvalue weighted by atomic mass is 16.5. The third-order valence-corrected chi connectivity index (χ3v) is 5.59. The van der Waals surface area contributed by atoms with Crippen LogP contribution in [0.25, 0.3) is 0 Å². The quantitative estimate of drug-likeness (QED) is 0.655. The second kappa shape index (κ2) is 10.2. The minimum atomic E-state index is -0.324. The summed E-state index contributed by atoms with van der Waals surface area (Å²) in [5.74, 6) is 1.62. The molecule has 1 aliphatic rings. The molecular weight excluding hydrogens is 350 g/mol. The van der Waals surface area contributed by atoms with E-state index in [1.807, 2.05) is 6.92 Å². The number of carbonyl (C=O) groups is 1. The summed E-state index contributed by atoms with van der Waals surface area (Å²) < 4.78 is 11.1. The van der Waals surface area contributed by atoms with Crippen molar-refractivity contribution < 1.29 is 14.3 Å². The van der Waals surface area contributed by atoms with E-state index < -0.39 is 0 Å². The molecule has 3 atom stereocenters. The van der Waals surface area contributed by atoms with E-state index in [9.17, 15) is 4.79 Å². The molecule has 0 aromatic heterocycles. The molecule has 0 aliphatic heterocycles. The van der Waals surface area contributed by atoms with Crippen LogP contribution in [0.1, 0.15) is 56.6 Å². The molecule has 2 aromatic rings. The lowest BCUT2D eigenvalue weighted by atomic mass is 9.89. The van der Waals surface area contributed by atoms with Gasteiger partial charge in [-0.2, -0.15) is 0 Å². The summed E-state index contributed by atoms with van der Waals surface area (Å²) in [5, 5.41) is 2.97. The fourth-order valence-electron chi connectivity index (χ4n) is 4.10. The van der Waals surface area contributed by atoms with Gasteiger partial charge in [0.15, 0.2) is 0 Å². The van der Waals surface area contributed by atoms with Crippen molar-refractivity contribution in [3.63, 3.8) is 0 Å². The van der Waals surface area contributed by atoms with Gasteiger partial charge < -0.3 is 14.8 Å². The van der Waals surface area contributed by atoms with Crippen molar-refractivity contribution in [2.45, 2.75) is 51.5 Å². The van der Waals surface area contributed by atoms with Crippen LogP contribution < -0.4 is 10.1 Å². The lowest BCUT2D eigenvalue weighted by Crippen LogP contribution is -2.39. The van der Waals surface area contributed by atoms with Crippen LogP contribution in [0.2, 0.25) is 0 Å². The van der Waals surface area contributed by atoms with Crippen molar-refractivity contribution >= 4 is 6.09 Å². The Morgan fingerprint density at radius 1 is 1.04 bits per heavy atom. The molecule has 1 aliphatic carbocycles. The molecule has 28 heavy (non-hydrogen) atoms.